The number of Topliss-reactive ketones (excluding diaryl/α,β-unsaturated/α-hetero) is 1. The van der Waals surface area contributed by atoms with E-state index in [-0.39, 0.29) is 137 Å². The summed E-state index contributed by atoms with van der Waals surface area (Å²) in [5, 5.41) is 64.0. The summed E-state index contributed by atoms with van der Waals surface area (Å²) in [4.78, 5) is 105. The van der Waals surface area contributed by atoms with E-state index >= 15 is 0 Å². The number of benzene rings is 3. The number of amides is 3. The van der Waals surface area contributed by atoms with Crippen molar-refractivity contribution in [3.63, 3.8) is 0 Å². The van der Waals surface area contributed by atoms with Gasteiger partial charge in [0.2, 0.25) is 5.91 Å². The molecule has 0 radical (unpaired) electrons. The van der Waals surface area contributed by atoms with Crippen molar-refractivity contribution in [1.82, 2.24) is 35.6 Å². The van der Waals surface area contributed by atoms with Crippen LogP contribution in [0, 0.1) is 0 Å². The number of hydrogen-bond acceptors (Lipinski definition) is 16. The zero-order chi connectivity index (χ0) is 52.0. The zero-order valence-corrected chi connectivity index (χ0v) is 40.0. The Morgan fingerprint density at radius 3 is 1.63 bits per heavy atom. The fourth-order valence-corrected chi connectivity index (χ4v) is 7.88. The summed E-state index contributed by atoms with van der Waals surface area (Å²) in [6.07, 6.45) is 0.317. The number of rotatable bonds is 25. The molecule has 0 aliphatic carbocycles. The molecule has 71 heavy (non-hydrogen) atoms. The largest absolute Gasteiger partial charge is 0.508 e. The Hall–Kier alpha value is -6.60. The van der Waals surface area contributed by atoms with Crippen LogP contribution in [0.25, 0.3) is 0 Å². The van der Waals surface area contributed by atoms with Crippen LogP contribution in [-0.4, -0.2) is 215 Å². The van der Waals surface area contributed by atoms with Crippen molar-refractivity contribution in [2.24, 2.45) is 0 Å². The number of aliphatic carboxylic acids is 4. The maximum absolute atomic E-state index is 13.2. The molecule has 0 saturated carbocycles. The molecule has 1 aliphatic heterocycles. The van der Waals surface area contributed by atoms with E-state index in [2.05, 4.69) is 16.0 Å². The van der Waals surface area contributed by atoms with Gasteiger partial charge in [0, 0.05) is 89.1 Å². The van der Waals surface area contributed by atoms with Crippen LogP contribution in [-0.2, 0) is 35.1 Å². The van der Waals surface area contributed by atoms with Crippen molar-refractivity contribution in [3.8, 4) is 17.2 Å². The number of ether oxygens (including phenoxy) is 2. The molecule has 25 heteroatoms. The van der Waals surface area contributed by atoms with Crippen LogP contribution in [0.5, 0.6) is 17.2 Å². The molecule has 1 fully saturated rings. The van der Waals surface area contributed by atoms with Gasteiger partial charge in [-0.3, -0.25) is 53.2 Å². The predicted octanol–water partition coefficient (Wildman–Crippen LogP) is 0.820. The second-order valence-electron chi connectivity index (χ2n) is 16.3. The molecule has 0 spiro atoms. The first-order chi connectivity index (χ1) is 33.8. The van der Waals surface area contributed by atoms with E-state index in [0.29, 0.717) is 25.3 Å². The number of halogens is 2. The van der Waals surface area contributed by atoms with Crippen molar-refractivity contribution in [2.45, 2.75) is 18.9 Å². The number of ketones is 1. The molecule has 3 aromatic rings. The summed E-state index contributed by atoms with van der Waals surface area (Å²) in [5.74, 6) is -7.42. The Bertz CT molecular complexity index is 2300. The van der Waals surface area contributed by atoms with E-state index in [1.807, 2.05) is 4.90 Å². The van der Waals surface area contributed by atoms with Gasteiger partial charge in [-0.25, -0.2) is 4.79 Å². The molecule has 0 unspecified atom stereocenters. The highest BCUT2D eigenvalue weighted by Crippen LogP contribution is 2.28. The Kier molecular flexibility index (Phi) is 23.2. The third-order valence-corrected chi connectivity index (χ3v) is 11.4. The van der Waals surface area contributed by atoms with Crippen LogP contribution >= 0.6 is 23.2 Å². The lowest BCUT2D eigenvalue weighted by Crippen LogP contribution is -2.50. The maximum atomic E-state index is 13.2. The Balaban J connectivity index is 1.19. The summed E-state index contributed by atoms with van der Waals surface area (Å²) in [7, 11) is 0. The summed E-state index contributed by atoms with van der Waals surface area (Å²) in [6, 6.07) is 11.0. The monoisotopic (exact) mass is 1030 g/mol. The van der Waals surface area contributed by atoms with Crippen molar-refractivity contribution < 1.29 is 78.5 Å². The fourth-order valence-electron chi connectivity index (χ4n) is 7.22. The molecule has 1 aliphatic rings. The third-order valence-electron chi connectivity index (χ3n) is 10.8. The van der Waals surface area contributed by atoms with Gasteiger partial charge in [0.1, 0.15) is 29.9 Å². The molecule has 1 saturated heterocycles. The molecular weight excluding hydrogens is 977 g/mol. The zero-order valence-electron chi connectivity index (χ0n) is 38.5. The quantitative estimate of drug-likeness (QED) is 0.0419. The lowest BCUT2D eigenvalue weighted by atomic mass is 10.0. The van der Waals surface area contributed by atoms with Gasteiger partial charge in [-0.1, -0.05) is 35.3 Å². The lowest BCUT2D eigenvalue weighted by Gasteiger charge is -2.32. The number of nitrogens with one attached hydrogen (secondary N) is 3. The van der Waals surface area contributed by atoms with Crippen molar-refractivity contribution in [3.05, 3.63) is 86.9 Å². The number of aromatic hydroxyl groups is 2. The molecular formula is C46H57Cl2N7O16. The Morgan fingerprint density at radius 2 is 1.13 bits per heavy atom. The number of nitrogens with zero attached hydrogens (tertiary/aromatic N) is 4. The Labute approximate surface area is 417 Å². The topological polar surface area (TPSA) is 325 Å². The second kappa shape index (κ2) is 28.9. The van der Waals surface area contributed by atoms with Crippen LogP contribution in [0.2, 0.25) is 10.0 Å². The van der Waals surface area contributed by atoms with Gasteiger partial charge in [-0.2, -0.15) is 0 Å². The standard InChI is InChI=1S/C46H57Cl2N7O16/c47-35-21-30(22-36(48)43(35)45(67)51-37(46(68)69)24-50-44(66)31-19-32(56)23-33(57)20-31)38(58)5-4-29-2-1-3-34(18-29)71-17-16-70-15-6-49-39(59)25-52-7-9-53(26-40(60)61)11-13-55(28-42(64)65)14-12-54(10-8-52)27-41(62)63/h1-3,18-23,37,56-57H,4-17,24-28H2,(H,49,59)(H,50,66)(H,51,67)(H,60,61)(H,62,63)(H,64,65)(H,68,69)/t37-/m0/s1. The molecule has 0 aromatic heterocycles. The molecule has 23 nitrogen and oxygen atoms in total. The van der Waals surface area contributed by atoms with E-state index in [4.69, 9.17) is 32.7 Å². The minimum atomic E-state index is -1.65. The van der Waals surface area contributed by atoms with Crippen LogP contribution in [0.4, 0.5) is 0 Å². The van der Waals surface area contributed by atoms with E-state index in [0.717, 1.165) is 23.8 Å². The van der Waals surface area contributed by atoms with Crippen LogP contribution in [0.3, 0.4) is 0 Å². The number of carbonyl (C=O) groups excluding carboxylic acids is 4. The van der Waals surface area contributed by atoms with Crippen LogP contribution < -0.4 is 20.7 Å². The SMILES string of the molecule is O=C(O)CN1CCN(CC(=O)O)CCN(CC(=O)NCCOCCOc2cccc(CCC(=O)c3cc(Cl)c(C(=O)N[C@@H](CNC(=O)c4cc(O)cc(O)c4)C(=O)O)c(Cl)c3)c2)CCN(CC(=O)O)CC1. The maximum Gasteiger partial charge on any atom is 0.328 e. The molecule has 4 rings (SSSR count). The molecule has 9 N–H and O–H groups in total. The first-order valence-corrected chi connectivity index (χ1v) is 23.0. The number of carboxylic acid groups (broad SMARTS) is 4. The first kappa shape index (κ1) is 57.0. The highest BCUT2D eigenvalue weighted by Gasteiger charge is 2.26. The van der Waals surface area contributed by atoms with Gasteiger partial charge in [0.25, 0.3) is 11.8 Å². The highest BCUT2D eigenvalue weighted by atomic mass is 35.5. The van der Waals surface area contributed by atoms with Crippen molar-refractivity contribution >= 4 is 70.6 Å². The van der Waals surface area contributed by atoms with E-state index in [1.165, 1.54) is 12.1 Å². The number of hydrogen-bond donors (Lipinski definition) is 9. The third kappa shape index (κ3) is 20.7. The van der Waals surface area contributed by atoms with E-state index in [1.54, 1.807) is 39.0 Å². The molecule has 386 valence electrons. The Morgan fingerprint density at radius 1 is 0.606 bits per heavy atom. The van der Waals surface area contributed by atoms with Gasteiger partial charge in [0.15, 0.2) is 5.78 Å². The van der Waals surface area contributed by atoms with Crippen LogP contribution in [0.15, 0.2) is 54.6 Å². The average Bonchev–Trinajstić information content (AvgIpc) is 3.28. The number of carbonyl (C=O) groups is 8. The van der Waals surface area contributed by atoms with Crippen molar-refractivity contribution in [1.29, 1.82) is 0 Å². The van der Waals surface area contributed by atoms with Gasteiger partial charge in [-0.15, -0.1) is 0 Å². The molecule has 1 atom stereocenters. The minimum Gasteiger partial charge on any atom is -0.508 e. The van der Waals surface area contributed by atoms with Crippen LogP contribution in [0.1, 0.15) is 43.1 Å². The number of phenols is 2. The minimum absolute atomic E-state index is 0.0212. The van der Waals surface area contributed by atoms with Gasteiger partial charge < -0.3 is 56.1 Å². The molecule has 3 amide bonds. The van der Waals surface area contributed by atoms with E-state index < -0.39 is 59.8 Å². The lowest BCUT2D eigenvalue weighted by molar-refractivity contribution is -0.140. The molecule has 3 aromatic carbocycles. The van der Waals surface area contributed by atoms with Crippen molar-refractivity contribution in [2.75, 3.05) is 111 Å². The summed E-state index contributed by atoms with van der Waals surface area (Å²) in [5.41, 5.74) is 0.412. The van der Waals surface area contributed by atoms with Gasteiger partial charge in [-0.05, 0) is 48.4 Å². The first-order valence-electron chi connectivity index (χ1n) is 22.2. The average molecular weight is 1030 g/mol. The fraction of sp³-hybridized carbons (Fsp3) is 0.435. The summed E-state index contributed by atoms with van der Waals surface area (Å²) in [6.45, 7) is 1.45. The van der Waals surface area contributed by atoms with E-state index in [9.17, 15) is 69.0 Å². The second-order valence-corrected chi connectivity index (χ2v) is 17.1. The van der Waals surface area contributed by atoms with Gasteiger partial charge >= 0.3 is 23.9 Å². The van der Waals surface area contributed by atoms with Gasteiger partial charge in [0.05, 0.1) is 55.0 Å². The number of phenolic OH excluding ortho intramolecular Hbond substituents is 2. The highest BCUT2D eigenvalue weighted by molar-refractivity contribution is 6.40. The summed E-state index contributed by atoms with van der Waals surface area (Å²) < 4.78 is 11.4. The smallest absolute Gasteiger partial charge is 0.328 e. The summed E-state index contributed by atoms with van der Waals surface area (Å²) >= 11 is 12.7. The molecule has 0 bridgehead atoms. The number of carboxylic acids is 4. The normalized spacial score (nSPS) is 14.8. The number of aryl methyl sites for hydroxylation is 1. The molecule has 1 heterocycles. The predicted molar refractivity (Wildman–Crippen MR) is 255 cm³/mol.